The van der Waals surface area contributed by atoms with Gasteiger partial charge in [0.05, 0.1) is 0 Å². The molecule has 0 aliphatic carbocycles. The van der Waals surface area contributed by atoms with Gasteiger partial charge in [-0.15, -0.1) is 0 Å². The number of likely N-dealkylation sites (tertiary alicyclic amines) is 1. The number of amides is 1. The average molecular weight is 305 g/mol. The predicted molar refractivity (Wildman–Crippen MR) is 72.8 cm³/mol. The minimum Gasteiger partial charge on any atom is -0.345 e. The molecule has 1 saturated heterocycles. The second-order valence-corrected chi connectivity index (χ2v) is 8.05. The second kappa shape index (κ2) is 4.52. The van der Waals surface area contributed by atoms with E-state index in [0.29, 0.717) is 12.2 Å². The summed E-state index contributed by atoms with van der Waals surface area (Å²) in [7, 11) is 3.13. The molecule has 0 N–H and O–H groups in total. The lowest BCUT2D eigenvalue weighted by Gasteiger charge is -2.31. The number of nitrogens with zero attached hydrogens (tertiary/aromatic N) is 2. The molecule has 0 unspecified atom stereocenters. The SMILES string of the molecule is Cn1cc(S(=O)(=O)Cl)cc1C(=O)N1CCCC1(C)C. The number of aromatic nitrogens is 1. The molecule has 5 nitrogen and oxygen atoms in total. The van der Waals surface area contributed by atoms with Crippen LogP contribution in [0.4, 0.5) is 0 Å². The van der Waals surface area contributed by atoms with E-state index >= 15 is 0 Å². The molecule has 19 heavy (non-hydrogen) atoms. The van der Waals surface area contributed by atoms with Gasteiger partial charge in [0.2, 0.25) is 0 Å². The van der Waals surface area contributed by atoms with E-state index in [9.17, 15) is 13.2 Å². The fourth-order valence-electron chi connectivity index (χ4n) is 2.50. The van der Waals surface area contributed by atoms with Crippen molar-refractivity contribution in [2.45, 2.75) is 37.1 Å². The normalized spacial score (nSPS) is 18.8. The standard InChI is InChI=1S/C12H17ClN2O3S/c1-12(2)5-4-6-15(12)11(16)10-7-9(8-14(10)3)19(13,17)18/h7-8H,4-6H2,1-3H3. The fourth-order valence-corrected chi connectivity index (χ4v) is 3.29. The summed E-state index contributed by atoms with van der Waals surface area (Å²) in [4.78, 5) is 14.2. The Labute approximate surface area is 117 Å². The number of hydrogen-bond acceptors (Lipinski definition) is 3. The van der Waals surface area contributed by atoms with Crippen LogP contribution in [-0.4, -0.2) is 35.9 Å². The first kappa shape index (κ1) is 14.4. The molecule has 1 amide bonds. The summed E-state index contributed by atoms with van der Waals surface area (Å²) < 4.78 is 24.1. The monoisotopic (exact) mass is 304 g/mol. The van der Waals surface area contributed by atoms with E-state index < -0.39 is 9.05 Å². The minimum absolute atomic E-state index is 0.0444. The Bertz CT molecular complexity index is 619. The van der Waals surface area contributed by atoms with E-state index in [4.69, 9.17) is 10.7 Å². The summed E-state index contributed by atoms with van der Waals surface area (Å²) in [6.45, 7) is 4.72. The molecule has 2 rings (SSSR count). The number of rotatable bonds is 2. The van der Waals surface area contributed by atoms with Crippen molar-refractivity contribution in [1.82, 2.24) is 9.47 Å². The molecule has 1 aliphatic rings. The summed E-state index contributed by atoms with van der Waals surface area (Å²) in [5, 5.41) is 0. The molecule has 106 valence electrons. The van der Waals surface area contributed by atoms with Gasteiger partial charge in [-0.2, -0.15) is 0 Å². The number of hydrogen-bond donors (Lipinski definition) is 0. The van der Waals surface area contributed by atoms with Gasteiger partial charge in [-0.1, -0.05) is 0 Å². The molecular formula is C12H17ClN2O3S. The molecule has 2 heterocycles. The van der Waals surface area contributed by atoms with Crippen molar-refractivity contribution in [1.29, 1.82) is 0 Å². The molecule has 1 aromatic rings. The van der Waals surface area contributed by atoms with Gasteiger partial charge in [0.15, 0.2) is 0 Å². The number of carbonyl (C=O) groups is 1. The van der Waals surface area contributed by atoms with Gasteiger partial charge in [0.1, 0.15) is 10.6 Å². The molecule has 1 aliphatic heterocycles. The largest absolute Gasteiger partial charge is 0.345 e. The van der Waals surface area contributed by atoms with E-state index in [1.807, 2.05) is 13.8 Å². The van der Waals surface area contributed by atoms with Crippen molar-refractivity contribution >= 4 is 25.6 Å². The smallest absolute Gasteiger partial charge is 0.270 e. The molecular weight excluding hydrogens is 288 g/mol. The zero-order valence-corrected chi connectivity index (χ0v) is 12.8. The highest BCUT2D eigenvalue weighted by Gasteiger charge is 2.37. The van der Waals surface area contributed by atoms with Crippen molar-refractivity contribution in [2.75, 3.05) is 6.54 Å². The van der Waals surface area contributed by atoms with Crippen LogP contribution in [0.3, 0.4) is 0 Å². The van der Waals surface area contributed by atoms with Gasteiger partial charge in [-0.05, 0) is 32.8 Å². The maximum absolute atomic E-state index is 12.5. The lowest BCUT2D eigenvalue weighted by atomic mass is 10.0. The first-order valence-electron chi connectivity index (χ1n) is 6.06. The fraction of sp³-hybridized carbons (Fsp3) is 0.583. The lowest BCUT2D eigenvalue weighted by molar-refractivity contribution is 0.0642. The van der Waals surface area contributed by atoms with Crippen LogP contribution in [0.1, 0.15) is 37.2 Å². The van der Waals surface area contributed by atoms with Crippen LogP contribution in [0, 0.1) is 0 Å². The highest BCUT2D eigenvalue weighted by atomic mass is 35.7. The van der Waals surface area contributed by atoms with Gasteiger partial charge in [-0.3, -0.25) is 4.79 Å². The van der Waals surface area contributed by atoms with E-state index in [1.165, 1.54) is 16.8 Å². The van der Waals surface area contributed by atoms with Crippen LogP contribution in [0.5, 0.6) is 0 Å². The Morgan fingerprint density at radius 3 is 2.47 bits per heavy atom. The topological polar surface area (TPSA) is 59.4 Å². The molecule has 0 saturated carbocycles. The highest BCUT2D eigenvalue weighted by Crippen LogP contribution is 2.30. The van der Waals surface area contributed by atoms with Crippen molar-refractivity contribution in [3.8, 4) is 0 Å². The molecule has 0 spiro atoms. The van der Waals surface area contributed by atoms with Crippen LogP contribution in [0.25, 0.3) is 0 Å². The molecule has 0 bridgehead atoms. The molecule has 0 aromatic carbocycles. The first-order valence-corrected chi connectivity index (χ1v) is 8.37. The summed E-state index contributed by atoms with van der Waals surface area (Å²) in [6.07, 6.45) is 3.27. The summed E-state index contributed by atoms with van der Waals surface area (Å²) in [5.41, 5.74) is 0.149. The minimum atomic E-state index is -3.81. The summed E-state index contributed by atoms with van der Waals surface area (Å²) in [6, 6.07) is 1.33. The third kappa shape index (κ3) is 2.65. The Morgan fingerprint density at radius 2 is 2.05 bits per heavy atom. The Morgan fingerprint density at radius 1 is 1.42 bits per heavy atom. The predicted octanol–water partition coefficient (Wildman–Crippen LogP) is 1.97. The van der Waals surface area contributed by atoms with Crippen LogP contribution in [0.2, 0.25) is 0 Å². The van der Waals surface area contributed by atoms with E-state index in [2.05, 4.69) is 0 Å². The lowest BCUT2D eigenvalue weighted by Crippen LogP contribution is -2.43. The molecule has 0 atom stereocenters. The maximum Gasteiger partial charge on any atom is 0.270 e. The van der Waals surface area contributed by atoms with E-state index in [1.54, 1.807) is 11.9 Å². The van der Waals surface area contributed by atoms with Crippen molar-refractivity contribution in [2.24, 2.45) is 7.05 Å². The zero-order valence-electron chi connectivity index (χ0n) is 11.2. The number of aryl methyl sites for hydroxylation is 1. The molecule has 1 aromatic heterocycles. The summed E-state index contributed by atoms with van der Waals surface area (Å²) in [5.74, 6) is -0.156. The van der Waals surface area contributed by atoms with Gasteiger partial charge in [0.25, 0.3) is 15.0 Å². The summed E-state index contributed by atoms with van der Waals surface area (Å²) >= 11 is 0. The Hall–Kier alpha value is -1.01. The highest BCUT2D eigenvalue weighted by molar-refractivity contribution is 8.13. The quantitative estimate of drug-likeness (QED) is 0.785. The third-order valence-corrected chi connectivity index (χ3v) is 4.95. The molecule has 1 fully saturated rings. The van der Waals surface area contributed by atoms with Crippen LogP contribution in [0.15, 0.2) is 17.2 Å². The van der Waals surface area contributed by atoms with Crippen molar-refractivity contribution in [3.05, 3.63) is 18.0 Å². The second-order valence-electron chi connectivity index (χ2n) is 5.48. The Balaban J connectivity index is 2.38. The first-order chi connectivity index (χ1) is 8.63. The van der Waals surface area contributed by atoms with Gasteiger partial charge in [-0.25, -0.2) is 8.42 Å². The van der Waals surface area contributed by atoms with E-state index in [0.717, 1.165) is 12.8 Å². The molecule has 0 radical (unpaired) electrons. The van der Waals surface area contributed by atoms with Gasteiger partial charge >= 0.3 is 0 Å². The number of halogens is 1. The maximum atomic E-state index is 12.5. The zero-order chi connectivity index (χ0) is 14.4. The van der Waals surface area contributed by atoms with E-state index in [-0.39, 0.29) is 16.3 Å². The van der Waals surface area contributed by atoms with Crippen molar-refractivity contribution in [3.63, 3.8) is 0 Å². The molecule has 7 heteroatoms. The Kier molecular flexibility index (Phi) is 3.43. The third-order valence-electron chi connectivity index (χ3n) is 3.63. The van der Waals surface area contributed by atoms with Gasteiger partial charge in [0, 0.05) is 36.0 Å². The van der Waals surface area contributed by atoms with Crippen molar-refractivity contribution < 1.29 is 13.2 Å². The van der Waals surface area contributed by atoms with Gasteiger partial charge < -0.3 is 9.47 Å². The average Bonchev–Trinajstić information content (AvgIpc) is 2.79. The van der Waals surface area contributed by atoms with Crippen LogP contribution in [-0.2, 0) is 16.1 Å². The number of carbonyl (C=O) groups excluding carboxylic acids is 1. The van der Waals surface area contributed by atoms with Crippen LogP contribution >= 0.6 is 10.7 Å². The van der Waals surface area contributed by atoms with Crippen LogP contribution < -0.4 is 0 Å².